The van der Waals surface area contributed by atoms with E-state index in [4.69, 9.17) is 4.42 Å². The van der Waals surface area contributed by atoms with E-state index in [9.17, 15) is 14.7 Å². The zero-order valence-corrected chi connectivity index (χ0v) is 15.3. The van der Waals surface area contributed by atoms with E-state index in [1.165, 1.54) is 0 Å². The van der Waals surface area contributed by atoms with Gasteiger partial charge >= 0.3 is 5.97 Å². The first-order valence-electron chi connectivity index (χ1n) is 9.03. The van der Waals surface area contributed by atoms with Crippen LogP contribution in [0, 0.1) is 19.8 Å². The van der Waals surface area contributed by atoms with Crippen molar-refractivity contribution in [2.45, 2.75) is 19.8 Å². The fourth-order valence-corrected chi connectivity index (χ4v) is 3.99. The Morgan fingerprint density at radius 2 is 1.78 bits per heavy atom. The first kappa shape index (κ1) is 17.3. The maximum atomic E-state index is 13.1. The molecule has 4 rings (SSSR count). The maximum absolute atomic E-state index is 13.1. The second-order valence-corrected chi connectivity index (χ2v) is 7.18. The molecule has 27 heavy (non-hydrogen) atoms. The summed E-state index contributed by atoms with van der Waals surface area (Å²) in [6.07, 6.45) is 0. The molecule has 0 saturated carbocycles. The van der Waals surface area contributed by atoms with E-state index < -0.39 is 11.9 Å². The molecule has 1 aliphatic rings. The van der Waals surface area contributed by atoms with Gasteiger partial charge in [-0.2, -0.15) is 0 Å². The molecule has 0 bridgehead atoms. The molecule has 2 atom stereocenters. The molecule has 1 N–H and O–H groups in total. The number of para-hydroxylation sites is 1. The van der Waals surface area contributed by atoms with Gasteiger partial charge in [-0.25, -0.2) is 0 Å². The lowest BCUT2D eigenvalue weighted by Crippen LogP contribution is -2.30. The lowest BCUT2D eigenvalue weighted by atomic mass is 9.89. The number of carbonyl (C=O) groups is 2. The van der Waals surface area contributed by atoms with Gasteiger partial charge in [-0.15, -0.1) is 0 Å². The molecule has 1 aliphatic heterocycles. The summed E-state index contributed by atoms with van der Waals surface area (Å²) in [4.78, 5) is 26.5. The molecule has 2 heterocycles. The van der Waals surface area contributed by atoms with E-state index >= 15 is 0 Å². The third-order valence-corrected chi connectivity index (χ3v) is 5.51. The fourth-order valence-electron chi connectivity index (χ4n) is 3.99. The van der Waals surface area contributed by atoms with Crippen molar-refractivity contribution in [1.29, 1.82) is 0 Å². The molecule has 0 spiro atoms. The highest BCUT2D eigenvalue weighted by molar-refractivity contribution is 6.00. The van der Waals surface area contributed by atoms with Crippen LogP contribution >= 0.6 is 0 Å². The van der Waals surface area contributed by atoms with E-state index in [-0.39, 0.29) is 18.4 Å². The average Bonchev–Trinajstić information content (AvgIpc) is 3.26. The number of amides is 1. The van der Waals surface area contributed by atoms with Crippen molar-refractivity contribution in [3.05, 3.63) is 71.0 Å². The first-order chi connectivity index (χ1) is 13.0. The quantitative estimate of drug-likeness (QED) is 0.764. The summed E-state index contributed by atoms with van der Waals surface area (Å²) in [5, 5.41) is 10.6. The minimum Gasteiger partial charge on any atom is -0.481 e. The number of hydrogen-bond donors (Lipinski definition) is 1. The number of nitrogens with zero attached hydrogens (tertiary/aromatic N) is 1. The second kappa shape index (κ2) is 6.58. The smallest absolute Gasteiger partial charge is 0.308 e. The summed E-state index contributed by atoms with van der Waals surface area (Å²) in [5.41, 5.74) is 3.43. The Kier molecular flexibility index (Phi) is 4.22. The van der Waals surface area contributed by atoms with Gasteiger partial charge in [-0.3, -0.25) is 9.59 Å². The van der Waals surface area contributed by atoms with Gasteiger partial charge < -0.3 is 14.4 Å². The van der Waals surface area contributed by atoms with Gasteiger partial charge in [0.1, 0.15) is 5.58 Å². The lowest BCUT2D eigenvalue weighted by Gasteiger charge is -2.15. The Morgan fingerprint density at radius 1 is 1.04 bits per heavy atom. The molecule has 3 aromatic rings. The Hall–Kier alpha value is -3.08. The van der Waals surface area contributed by atoms with Crippen LogP contribution in [0.2, 0.25) is 0 Å². The molecular weight excluding hydrogens is 342 g/mol. The van der Waals surface area contributed by atoms with E-state index in [2.05, 4.69) is 0 Å². The number of carboxylic acids is 1. The van der Waals surface area contributed by atoms with Crippen LogP contribution in [0.3, 0.4) is 0 Å². The number of carbonyl (C=O) groups excluding carboxylic acids is 1. The molecule has 2 aromatic carbocycles. The molecule has 5 heteroatoms. The molecule has 0 radical (unpaired) electrons. The fraction of sp³-hybridized carbons (Fsp3) is 0.273. The summed E-state index contributed by atoms with van der Waals surface area (Å²) in [5.74, 6) is -1.66. The number of furan rings is 1. The van der Waals surface area contributed by atoms with Crippen LogP contribution < -0.4 is 0 Å². The van der Waals surface area contributed by atoms with Crippen LogP contribution in [0.15, 0.2) is 52.9 Å². The van der Waals surface area contributed by atoms with Crippen molar-refractivity contribution in [3.8, 4) is 0 Å². The van der Waals surface area contributed by atoms with Crippen molar-refractivity contribution in [2.75, 3.05) is 13.1 Å². The predicted octanol–water partition coefficient (Wildman–Crippen LogP) is 3.99. The van der Waals surface area contributed by atoms with Crippen molar-refractivity contribution < 1.29 is 19.1 Å². The first-order valence-corrected chi connectivity index (χ1v) is 9.03. The minimum atomic E-state index is -0.878. The summed E-state index contributed by atoms with van der Waals surface area (Å²) in [6, 6.07) is 15.4. The van der Waals surface area contributed by atoms with Crippen molar-refractivity contribution in [3.63, 3.8) is 0 Å². The monoisotopic (exact) mass is 363 g/mol. The maximum Gasteiger partial charge on any atom is 0.308 e. The Labute approximate surface area is 157 Å². The standard InChI is InChI=1S/C22H21NO4/c1-13-7-6-10-16-14(2)20(27-19(13)16)21(24)23-11-17(18(12-23)22(25)26)15-8-4-3-5-9-15/h3-10,17-18H,11-12H2,1-2H3,(H,25,26)/t17-,18-/m0/s1. The van der Waals surface area contributed by atoms with Crippen LogP contribution in [0.5, 0.6) is 0 Å². The van der Waals surface area contributed by atoms with Gasteiger partial charge in [0.15, 0.2) is 5.76 Å². The SMILES string of the molecule is Cc1c(C(=O)N2C[C@H](C(=O)O)[C@H](c3ccccc3)C2)oc2c(C)cccc12. The molecule has 138 valence electrons. The van der Waals surface area contributed by atoms with E-state index in [0.29, 0.717) is 17.9 Å². The molecule has 1 saturated heterocycles. The number of rotatable bonds is 3. The van der Waals surface area contributed by atoms with Gasteiger partial charge in [0.25, 0.3) is 5.91 Å². The van der Waals surface area contributed by atoms with Gasteiger partial charge in [0.2, 0.25) is 0 Å². The number of likely N-dealkylation sites (tertiary alicyclic amines) is 1. The number of aliphatic carboxylic acids is 1. The highest BCUT2D eigenvalue weighted by Crippen LogP contribution is 2.35. The molecule has 1 aromatic heterocycles. The van der Waals surface area contributed by atoms with Gasteiger partial charge in [0, 0.05) is 30.0 Å². The van der Waals surface area contributed by atoms with Crippen LogP contribution in [0.25, 0.3) is 11.0 Å². The largest absolute Gasteiger partial charge is 0.481 e. The van der Waals surface area contributed by atoms with Gasteiger partial charge in [-0.1, -0.05) is 48.5 Å². The summed E-state index contributed by atoms with van der Waals surface area (Å²) < 4.78 is 5.90. The Balaban J connectivity index is 1.68. The predicted molar refractivity (Wildman–Crippen MR) is 102 cm³/mol. The molecule has 1 amide bonds. The summed E-state index contributed by atoms with van der Waals surface area (Å²) in [7, 11) is 0. The number of carboxylic acid groups (broad SMARTS) is 1. The Morgan fingerprint density at radius 3 is 2.44 bits per heavy atom. The van der Waals surface area contributed by atoms with E-state index in [0.717, 1.165) is 22.1 Å². The molecule has 0 unspecified atom stereocenters. The topological polar surface area (TPSA) is 70.8 Å². The van der Waals surface area contributed by atoms with Crippen LogP contribution in [-0.2, 0) is 4.79 Å². The summed E-state index contributed by atoms with van der Waals surface area (Å²) >= 11 is 0. The van der Waals surface area contributed by atoms with E-state index in [1.54, 1.807) is 4.90 Å². The van der Waals surface area contributed by atoms with E-state index in [1.807, 2.05) is 62.4 Å². The number of benzene rings is 2. The normalized spacial score (nSPS) is 19.6. The van der Waals surface area contributed by atoms with Crippen LogP contribution in [-0.4, -0.2) is 35.0 Å². The Bertz CT molecular complexity index is 1020. The number of aryl methyl sites for hydroxylation is 2. The number of hydrogen-bond acceptors (Lipinski definition) is 3. The van der Waals surface area contributed by atoms with Gasteiger partial charge in [-0.05, 0) is 25.0 Å². The molecular formula is C22H21NO4. The number of fused-ring (bicyclic) bond motifs is 1. The van der Waals surface area contributed by atoms with Gasteiger partial charge in [0.05, 0.1) is 5.92 Å². The second-order valence-electron chi connectivity index (χ2n) is 7.18. The molecule has 0 aliphatic carbocycles. The third-order valence-electron chi connectivity index (χ3n) is 5.51. The highest BCUT2D eigenvalue weighted by atomic mass is 16.4. The minimum absolute atomic E-state index is 0.184. The van der Waals surface area contributed by atoms with Crippen molar-refractivity contribution in [1.82, 2.24) is 4.90 Å². The lowest BCUT2D eigenvalue weighted by molar-refractivity contribution is -0.141. The summed E-state index contributed by atoms with van der Waals surface area (Å²) in [6.45, 7) is 4.37. The van der Waals surface area contributed by atoms with Crippen LogP contribution in [0.4, 0.5) is 0 Å². The van der Waals surface area contributed by atoms with Crippen molar-refractivity contribution >= 4 is 22.8 Å². The zero-order chi connectivity index (χ0) is 19.1. The molecule has 1 fully saturated rings. The van der Waals surface area contributed by atoms with Crippen molar-refractivity contribution in [2.24, 2.45) is 5.92 Å². The third kappa shape index (κ3) is 2.89. The average molecular weight is 363 g/mol. The highest BCUT2D eigenvalue weighted by Gasteiger charge is 2.41. The zero-order valence-electron chi connectivity index (χ0n) is 15.3. The molecule has 5 nitrogen and oxygen atoms in total. The van der Waals surface area contributed by atoms with Crippen LogP contribution in [0.1, 0.15) is 33.2 Å².